The van der Waals surface area contributed by atoms with Gasteiger partial charge >= 0.3 is 0 Å². The summed E-state index contributed by atoms with van der Waals surface area (Å²) in [6.07, 6.45) is 0.0550. The molecular formula is C6H13N3O3. The van der Waals surface area contributed by atoms with E-state index in [1.54, 1.807) is 0 Å². The molecule has 2 amide bonds. The van der Waals surface area contributed by atoms with Crippen LogP contribution in [-0.2, 0) is 9.59 Å². The van der Waals surface area contributed by atoms with E-state index >= 15 is 0 Å². The molecule has 0 heterocycles. The number of hydrogen-bond acceptors (Lipinski definition) is 4. The first kappa shape index (κ1) is 10.9. The lowest BCUT2D eigenvalue weighted by molar-refractivity contribution is -0.128. The lowest BCUT2D eigenvalue weighted by Crippen LogP contribution is -2.48. The Balaban J connectivity index is 4.28. The Labute approximate surface area is 69.7 Å². The lowest BCUT2D eigenvalue weighted by Gasteiger charge is -2.16. The summed E-state index contributed by atoms with van der Waals surface area (Å²) in [5.41, 5.74) is 15.0. The van der Waals surface area contributed by atoms with Crippen LogP contribution in [0.1, 0.15) is 6.42 Å². The highest BCUT2D eigenvalue weighted by Gasteiger charge is 2.26. The van der Waals surface area contributed by atoms with Crippen LogP contribution in [0.3, 0.4) is 0 Å². The Morgan fingerprint density at radius 1 is 1.25 bits per heavy atom. The van der Waals surface area contributed by atoms with Crippen molar-refractivity contribution >= 4 is 11.8 Å². The quantitative estimate of drug-likeness (QED) is 0.361. The number of primary amides is 2. The van der Waals surface area contributed by atoms with Crippen molar-refractivity contribution in [2.45, 2.75) is 12.5 Å². The summed E-state index contributed by atoms with van der Waals surface area (Å²) in [5, 5.41) is 8.50. The average molecular weight is 175 g/mol. The van der Waals surface area contributed by atoms with Gasteiger partial charge in [-0.3, -0.25) is 9.59 Å². The minimum Gasteiger partial charge on any atom is -0.396 e. The van der Waals surface area contributed by atoms with E-state index in [9.17, 15) is 9.59 Å². The topological polar surface area (TPSA) is 132 Å². The van der Waals surface area contributed by atoms with Gasteiger partial charge in [-0.25, -0.2) is 0 Å². The molecule has 0 saturated heterocycles. The smallest absolute Gasteiger partial charge is 0.235 e. The normalized spacial score (nSPS) is 15.2. The first-order valence-electron chi connectivity index (χ1n) is 3.45. The van der Waals surface area contributed by atoms with Crippen molar-refractivity contribution in [1.29, 1.82) is 0 Å². The van der Waals surface area contributed by atoms with E-state index in [2.05, 4.69) is 0 Å². The first-order chi connectivity index (χ1) is 5.50. The van der Waals surface area contributed by atoms with Gasteiger partial charge in [0.25, 0.3) is 0 Å². The molecule has 0 bridgehead atoms. The molecule has 0 aromatic heterocycles. The molecule has 0 aromatic rings. The van der Waals surface area contributed by atoms with Gasteiger partial charge < -0.3 is 22.3 Å². The monoisotopic (exact) mass is 175 g/mol. The number of carbonyl (C=O) groups is 2. The molecular weight excluding hydrogens is 162 g/mol. The molecule has 0 radical (unpaired) electrons. The van der Waals surface area contributed by atoms with Gasteiger partial charge in [-0.1, -0.05) is 0 Å². The zero-order valence-electron chi connectivity index (χ0n) is 6.56. The molecule has 0 aromatic carbocycles. The Morgan fingerprint density at radius 3 is 2.00 bits per heavy atom. The highest BCUT2D eigenvalue weighted by Crippen LogP contribution is 2.05. The third-order valence-electron chi connectivity index (χ3n) is 1.57. The van der Waals surface area contributed by atoms with E-state index in [1.165, 1.54) is 0 Å². The van der Waals surface area contributed by atoms with Gasteiger partial charge in [0.2, 0.25) is 11.8 Å². The Bertz CT molecular complexity index is 183. The fourth-order valence-electron chi connectivity index (χ4n) is 0.836. The summed E-state index contributed by atoms with van der Waals surface area (Å²) < 4.78 is 0. The summed E-state index contributed by atoms with van der Waals surface area (Å²) in [4.78, 5) is 21.2. The zero-order chi connectivity index (χ0) is 9.72. The fraction of sp³-hybridized carbons (Fsp3) is 0.667. The van der Waals surface area contributed by atoms with Gasteiger partial charge in [0.05, 0.1) is 12.0 Å². The third-order valence-corrected chi connectivity index (χ3v) is 1.57. The molecule has 0 fully saturated rings. The molecule has 2 unspecified atom stereocenters. The first-order valence-corrected chi connectivity index (χ1v) is 3.45. The van der Waals surface area contributed by atoms with Crippen LogP contribution in [0.2, 0.25) is 0 Å². The van der Waals surface area contributed by atoms with Gasteiger partial charge in [0.1, 0.15) is 0 Å². The predicted molar refractivity (Wildman–Crippen MR) is 41.6 cm³/mol. The molecule has 0 rings (SSSR count). The molecule has 0 aliphatic carbocycles. The zero-order valence-corrected chi connectivity index (χ0v) is 6.56. The van der Waals surface area contributed by atoms with Crippen molar-refractivity contribution in [3.63, 3.8) is 0 Å². The van der Waals surface area contributed by atoms with Crippen LogP contribution < -0.4 is 17.2 Å². The molecule has 6 heteroatoms. The van der Waals surface area contributed by atoms with Crippen molar-refractivity contribution in [1.82, 2.24) is 0 Å². The van der Waals surface area contributed by atoms with Gasteiger partial charge in [-0.15, -0.1) is 0 Å². The van der Waals surface area contributed by atoms with Gasteiger partial charge in [0.15, 0.2) is 0 Å². The Kier molecular flexibility index (Phi) is 4.24. The Hall–Kier alpha value is -1.14. The van der Waals surface area contributed by atoms with Crippen molar-refractivity contribution in [2.75, 3.05) is 6.61 Å². The molecule has 7 N–H and O–H groups in total. The van der Waals surface area contributed by atoms with Crippen LogP contribution in [0.4, 0.5) is 0 Å². The lowest BCUT2D eigenvalue weighted by atomic mass is 9.96. The maximum absolute atomic E-state index is 10.7. The van der Waals surface area contributed by atoms with E-state index in [0.29, 0.717) is 0 Å². The molecule has 0 aliphatic rings. The van der Waals surface area contributed by atoms with Crippen LogP contribution in [0, 0.1) is 5.92 Å². The second kappa shape index (κ2) is 4.68. The fourth-order valence-corrected chi connectivity index (χ4v) is 0.836. The van der Waals surface area contributed by atoms with Crippen LogP contribution in [0.25, 0.3) is 0 Å². The number of hydrogen-bond donors (Lipinski definition) is 4. The molecule has 2 atom stereocenters. The largest absolute Gasteiger partial charge is 0.396 e. The molecule has 6 nitrogen and oxygen atoms in total. The van der Waals surface area contributed by atoms with Crippen LogP contribution >= 0.6 is 0 Å². The van der Waals surface area contributed by atoms with Gasteiger partial charge in [-0.05, 0) is 6.42 Å². The molecule has 0 aliphatic heterocycles. The third kappa shape index (κ3) is 2.85. The van der Waals surface area contributed by atoms with Crippen molar-refractivity contribution < 1.29 is 14.7 Å². The van der Waals surface area contributed by atoms with Crippen molar-refractivity contribution in [2.24, 2.45) is 23.1 Å². The van der Waals surface area contributed by atoms with Crippen molar-refractivity contribution in [3.05, 3.63) is 0 Å². The summed E-state index contributed by atoms with van der Waals surface area (Å²) >= 11 is 0. The van der Waals surface area contributed by atoms with Gasteiger partial charge in [-0.2, -0.15) is 0 Å². The minimum absolute atomic E-state index is 0.0550. The maximum atomic E-state index is 10.7. The average Bonchev–Trinajstić information content (AvgIpc) is 1.98. The van der Waals surface area contributed by atoms with Gasteiger partial charge in [0, 0.05) is 6.61 Å². The van der Waals surface area contributed by atoms with E-state index in [1.807, 2.05) is 0 Å². The number of rotatable bonds is 5. The molecule has 12 heavy (non-hydrogen) atoms. The maximum Gasteiger partial charge on any atom is 0.235 e. The standard InChI is InChI=1S/C6H13N3O3/c7-4(6(9)12)3(1-2-10)5(8)11/h3-4,10H,1-2,7H2,(H2,8,11)(H2,9,12). The second-order valence-corrected chi connectivity index (χ2v) is 2.45. The number of nitrogens with two attached hydrogens (primary N) is 3. The molecule has 0 spiro atoms. The van der Waals surface area contributed by atoms with Crippen LogP contribution in [0.5, 0.6) is 0 Å². The number of aliphatic hydroxyl groups is 1. The van der Waals surface area contributed by atoms with E-state index in [0.717, 1.165) is 0 Å². The van der Waals surface area contributed by atoms with Crippen LogP contribution in [0.15, 0.2) is 0 Å². The van der Waals surface area contributed by atoms with E-state index < -0.39 is 23.8 Å². The predicted octanol–water partition coefficient (Wildman–Crippen LogP) is -2.72. The van der Waals surface area contributed by atoms with Crippen LogP contribution in [-0.4, -0.2) is 29.6 Å². The second-order valence-electron chi connectivity index (χ2n) is 2.45. The molecule has 0 saturated carbocycles. The summed E-state index contributed by atoms with van der Waals surface area (Å²) in [6.45, 7) is -0.255. The number of amides is 2. The number of aliphatic hydroxyl groups excluding tert-OH is 1. The minimum atomic E-state index is -1.12. The van der Waals surface area contributed by atoms with E-state index in [4.69, 9.17) is 22.3 Å². The van der Waals surface area contributed by atoms with Crippen molar-refractivity contribution in [3.8, 4) is 0 Å². The highest BCUT2D eigenvalue weighted by molar-refractivity contribution is 5.88. The summed E-state index contributed by atoms with van der Waals surface area (Å²) in [6, 6.07) is -1.12. The SMILES string of the molecule is NC(=O)C(N)C(CCO)C(N)=O. The highest BCUT2D eigenvalue weighted by atomic mass is 16.3. The summed E-state index contributed by atoms with van der Waals surface area (Å²) in [7, 11) is 0. The van der Waals surface area contributed by atoms with E-state index in [-0.39, 0.29) is 13.0 Å². The molecule has 70 valence electrons. The summed E-state index contributed by atoms with van der Waals surface area (Å²) in [5.74, 6) is -2.41. The Morgan fingerprint density at radius 2 is 1.75 bits per heavy atom. The number of carbonyl (C=O) groups excluding carboxylic acids is 2.